The van der Waals surface area contributed by atoms with Crippen LogP contribution in [0.1, 0.15) is 21.5 Å². The van der Waals surface area contributed by atoms with Gasteiger partial charge in [0, 0.05) is 11.1 Å². The second-order valence-electron chi connectivity index (χ2n) is 4.63. The van der Waals surface area contributed by atoms with E-state index in [4.69, 9.17) is 0 Å². The molecule has 4 nitrogen and oxygen atoms in total. The Labute approximate surface area is 113 Å². The average Bonchev–Trinajstić information content (AvgIpc) is 2.80. The van der Waals surface area contributed by atoms with Crippen LogP contribution in [0, 0.1) is 12.7 Å². The van der Waals surface area contributed by atoms with Crippen molar-refractivity contribution in [3.8, 4) is 0 Å². The van der Waals surface area contributed by atoms with Crippen molar-refractivity contribution in [1.82, 2.24) is 9.97 Å². The summed E-state index contributed by atoms with van der Waals surface area (Å²) in [7, 11) is 0. The van der Waals surface area contributed by atoms with Gasteiger partial charge in [-0.3, -0.25) is 4.79 Å². The fourth-order valence-corrected chi connectivity index (χ4v) is 2.07. The number of aromatic amines is 2. The fraction of sp³-hybridized carbons (Fsp3) is 0.0667. The number of carbonyl (C=O) groups excluding carboxylic acids is 1. The van der Waals surface area contributed by atoms with E-state index in [1.807, 2.05) is 0 Å². The summed E-state index contributed by atoms with van der Waals surface area (Å²) >= 11 is 0. The second-order valence-corrected chi connectivity index (χ2v) is 4.63. The van der Waals surface area contributed by atoms with Crippen molar-refractivity contribution in [2.45, 2.75) is 6.92 Å². The van der Waals surface area contributed by atoms with E-state index in [1.54, 1.807) is 37.3 Å². The molecule has 0 atom stereocenters. The van der Waals surface area contributed by atoms with E-state index in [0.717, 1.165) is 0 Å². The number of aryl methyl sites for hydroxylation is 1. The summed E-state index contributed by atoms with van der Waals surface area (Å²) in [5.74, 6) is -0.695. The van der Waals surface area contributed by atoms with Crippen LogP contribution in [0.25, 0.3) is 11.0 Å². The lowest BCUT2D eigenvalue weighted by atomic mass is 10.0. The van der Waals surface area contributed by atoms with Crippen LogP contribution in [0.15, 0.2) is 41.2 Å². The maximum absolute atomic E-state index is 13.5. The molecular formula is C15H11FN2O2. The van der Waals surface area contributed by atoms with Crippen LogP contribution in [0.2, 0.25) is 0 Å². The van der Waals surface area contributed by atoms with Gasteiger partial charge in [-0.05, 0) is 36.8 Å². The summed E-state index contributed by atoms with van der Waals surface area (Å²) < 4.78 is 13.5. The highest BCUT2D eigenvalue weighted by Gasteiger charge is 2.12. The minimum absolute atomic E-state index is 0.283. The molecule has 0 unspecified atom stereocenters. The van der Waals surface area contributed by atoms with Crippen LogP contribution in [0.5, 0.6) is 0 Å². The highest BCUT2D eigenvalue weighted by atomic mass is 19.1. The van der Waals surface area contributed by atoms with Gasteiger partial charge in [0.1, 0.15) is 5.82 Å². The highest BCUT2D eigenvalue weighted by molar-refractivity contribution is 6.10. The first-order chi connectivity index (χ1) is 9.54. The first kappa shape index (κ1) is 12.3. The fourth-order valence-electron chi connectivity index (χ4n) is 2.07. The van der Waals surface area contributed by atoms with Gasteiger partial charge in [-0.25, -0.2) is 9.18 Å². The van der Waals surface area contributed by atoms with Crippen LogP contribution < -0.4 is 5.69 Å². The second kappa shape index (κ2) is 4.45. The highest BCUT2D eigenvalue weighted by Crippen LogP contribution is 2.16. The first-order valence-electron chi connectivity index (χ1n) is 6.07. The zero-order valence-electron chi connectivity index (χ0n) is 10.7. The Balaban J connectivity index is 2.07. The smallest absolute Gasteiger partial charge is 0.306 e. The van der Waals surface area contributed by atoms with E-state index in [9.17, 15) is 14.0 Å². The quantitative estimate of drug-likeness (QED) is 0.703. The minimum Gasteiger partial charge on any atom is -0.306 e. The number of H-pyrrole nitrogens is 2. The lowest BCUT2D eigenvalue weighted by molar-refractivity contribution is 0.103. The monoisotopic (exact) mass is 270 g/mol. The van der Waals surface area contributed by atoms with Gasteiger partial charge in [-0.2, -0.15) is 0 Å². The zero-order valence-corrected chi connectivity index (χ0v) is 10.7. The molecule has 0 amide bonds. The number of benzene rings is 2. The van der Waals surface area contributed by atoms with Crippen molar-refractivity contribution in [2.75, 3.05) is 0 Å². The summed E-state index contributed by atoms with van der Waals surface area (Å²) in [6.07, 6.45) is 0. The third-order valence-electron chi connectivity index (χ3n) is 3.21. The molecule has 1 aromatic heterocycles. The van der Waals surface area contributed by atoms with Crippen LogP contribution in [0.4, 0.5) is 4.39 Å². The molecule has 1 heterocycles. The SMILES string of the molecule is Cc1ccc(C(=O)c2ccc3[nH]c(=O)[nH]c3c2)cc1F. The summed E-state index contributed by atoms with van der Waals surface area (Å²) in [4.78, 5) is 28.7. The van der Waals surface area contributed by atoms with Crippen molar-refractivity contribution in [3.05, 3.63) is 69.4 Å². The van der Waals surface area contributed by atoms with Gasteiger partial charge >= 0.3 is 5.69 Å². The van der Waals surface area contributed by atoms with Crippen molar-refractivity contribution in [2.24, 2.45) is 0 Å². The van der Waals surface area contributed by atoms with Gasteiger partial charge in [0.05, 0.1) is 11.0 Å². The Kier molecular flexibility index (Phi) is 2.75. The number of hydrogen-bond acceptors (Lipinski definition) is 2. The molecule has 0 saturated carbocycles. The molecule has 100 valence electrons. The molecule has 0 saturated heterocycles. The Morgan fingerprint density at radius 2 is 1.65 bits per heavy atom. The third-order valence-corrected chi connectivity index (χ3v) is 3.21. The largest absolute Gasteiger partial charge is 0.323 e. The van der Waals surface area contributed by atoms with E-state index in [2.05, 4.69) is 9.97 Å². The molecule has 3 aromatic rings. The maximum atomic E-state index is 13.5. The van der Waals surface area contributed by atoms with Crippen molar-refractivity contribution in [3.63, 3.8) is 0 Å². The number of hydrogen-bond donors (Lipinski definition) is 2. The van der Waals surface area contributed by atoms with Crippen molar-refractivity contribution in [1.29, 1.82) is 0 Å². The predicted octanol–water partition coefficient (Wildman–Crippen LogP) is 2.53. The lowest BCUT2D eigenvalue weighted by Gasteiger charge is -2.03. The molecule has 0 bridgehead atoms. The number of nitrogens with one attached hydrogen (secondary N) is 2. The number of ketones is 1. The zero-order chi connectivity index (χ0) is 14.3. The maximum Gasteiger partial charge on any atom is 0.323 e. The van der Waals surface area contributed by atoms with Crippen molar-refractivity contribution < 1.29 is 9.18 Å². The van der Waals surface area contributed by atoms with Crippen molar-refractivity contribution >= 4 is 16.8 Å². The predicted molar refractivity (Wildman–Crippen MR) is 73.5 cm³/mol. The van der Waals surface area contributed by atoms with Gasteiger partial charge < -0.3 is 9.97 Å². The molecule has 3 rings (SSSR count). The first-order valence-corrected chi connectivity index (χ1v) is 6.07. The number of halogens is 1. The molecule has 0 radical (unpaired) electrons. The normalized spacial score (nSPS) is 10.9. The number of carbonyl (C=O) groups is 1. The number of rotatable bonds is 2. The van der Waals surface area contributed by atoms with E-state index in [0.29, 0.717) is 22.2 Å². The molecule has 5 heteroatoms. The van der Waals surface area contributed by atoms with Crippen LogP contribution in [-0.4, -0.2) is 15.8 Å². The topological polar surface area (TPSA) is 65.7 Å². The van der Waals surface area contributed by atoms with Crippen LogP contribution in [-0.2, 0) is 0 Å². The number of imidazole rings is 1. The molecule has 0 spiro atoms. The Morgan fingerprint density at radius 3 is 2.40 bits per heavy atom. The molecule has 0 fully saturated rings. The average molecular weight is 270 g/mol. The van der Waals surface area contributed by atoms with Gasteiger partial charge in [0.2, 0.25) is 0 Å². The Hall–Kier alpha value is -2.69. The Morgan fingerprint density at radius 1 is 1.00 bits per heavy atom. The molecule has 0 aliphatic carbocycles. The summed E-state index contributed by atoms with van der Waals surface area (Å²) in [6, 6.07) is 9.20. The van der Waals surface area contributed by atoms with Gasteiger partial charge in [-0.15, -0.1) is 0 Å². The van der Waals surface area contributed by atoms with Gasteiger partial charge in [-0.1, -0.05) is 12.1 Å². The molecule has 0 aliphatic rings. The van der Waals surface area contributed by atoms with Gasteiger partial charge in [0.25, 0.3) is 0 Å². The van der Waals surface area contributed by atoms with Crippen LogP contribution in [0.3, 0.4) is 0 Å². The minimum atomic E-state index is -0.410. The molecule has 2 N–H and O–H groups in total. The summed E-state index contributed by atoms with van der Waals surface area (Å²) in [5.41, 5.74) is 2.02. The molecule has 20 heavy (non-hydrogen) atoms. The standard InChI is InChI=1S/C15H11FN2O2/c1-8-2-3-9(6-11(8)16)14(19)10-4-5-12-13(7-10)18-15(20)17-12/h2-7H,1H3,(H2,17,18,20). The number of aromatic nitrogens is 2. The number of fused-ring (bicyclic) bond motifs is 1. The lowest BCUT2D eigenvalue weighted by Crippen LogP contribution is -2.02. The van der Waals surface area contributed by atoms with Gasteiger partial charge in [0.15, 0.2) is 5.78 Å². The van der Waals surface area contributed by atoms with E-state index < -0.39 is 5.82 Å². The van der Waals surface area contributed by atoms with E-state index in [-0.39, 0.29) is 17.0 Å². The summed E-state index contributed by atoms with van der Waals surface area (Å²) in [6.45, 7) is 1.64. The Bertz CT molecular complexity index is 877. The summed E-state index contributed by atoms with van der Waals surface area (Å²) in [5, 5.41) is 0. The van der Waals surface area contributed by atoms with Crippen LogP contribution >= 0.6 is 0 Å². The van der Waals surface area contributed by atoms with E-state index >= 15 is 0 Å². The molecule has 0 aliphatic heterocycles. The molecule has 2 aromatic carbocycles. The molecular weight excluding hydrogens is 259 g/mol. The third kappa shape index (κ3) is 2.03. The van der Waals surface area contributed by atoms with E-state index in [1.165, 1.54) is 6.07 Å².